The fourth-order valence-corrected chi connectivity index (χ4v) is 6.56. The van der Waals surface area contributed by atoms with Crippen molar-refractivity contribution < 1.29 is 17.9 Å². The number of benzene rings is 4. The van der Waals surface area contributed by atoms with Crippen LogP contribution in [0.25, 0.3) is 16.3 Å². The third-order valence-electron chi connectivity index (χ3n) is 6.40. The van der Waals surface area contributed by atoms with Crippen LogP contribution in [0, 0.1) is 0 Å². The summed E-state index contributed by atoms with van der Waals surface area (Å²) in [5.74, 6) is -0.323. The topological polar surface area (TPSA) is 60.4 Å². The van der Waals surface area contributed by atoms with E-state index >= 15 is 0 Å². The highest BCUT2D eigenvalue weighted by Crippen LogP contribution is 2.57. The van der Waals surface area contributed by atoms with Crippen molar-refractivity contribution in [2.45, 2.75) is 24.7 Å². The van der Waals surface area contributed by atoms with Crippen LogP contribution in [0.15, 0.2) is 89.3 Å². The molecule has 0 bridgehead atoms. The molecular formula is C29H22Cl2O4S. The molecule has 4 nitrogen and oxygen atoms in total. The quantitative estimate of drug-likeness (QED) is 0.196. The van der Waals surface area contributed by atoms with Crippen molar-refractivity contribution in [3.63, 3.8) is 0 Å². The van der Waals surface area contributed by atoms with Gasteiger partial charge in [0.25, 0.3) is 0 Å². The van der Waals surface area contributed by atoms with Gasteiger partial charge in [0.05, 0.1) is 10.6 Å². The normalized spacial score (nSPS) is 16.3. The van der Waals surface area contributed by atoms with Crippen molar-refractivity contribution in [1.82, 2.24) is 0 Å². The highest BCUT2D eigenvalue weighted by atomic mass is 35.5. The molecule has 1 atom stereocenters. The summed E-state index contributed by atoms with van der Waals surface area (Å²) < 4.78 is 32.3. The molecule has 0 saturated carbocycles. The van der Waals surface area contributed by atoms with E-state index < -0.39 is 15.8 Å². The number of esters is 1. The SMILES string of the molecule is CC(=O)Oc1c2c(cc3ccccc13)/C(=C(\C)CS(=O)(=O)c1ccc(Cl)cc1)C2c1ccc(Cl)cc1. The lowest BCUT2D eigenvalue weighted by atomic mass is 9.66. The molecule has 0 aliphatic heterocycles. The summed E-state index contributed by atoms with van der Waals surface area (Å²) in [5, 5.41) is 2.82. The Bertz CT molecular complexity index is 1640. The van der Waals surface area contributed by atoms with Gasteiger partial charge in [0.15, 0.2) is 9.84 Å². The summed E-state index contributed by atoms with van der Waals surface area (Å²) in [6.07, 6.45) is 0. The number of carbonyl (C=O) groups excluding carboxylic acids is 1. The number of ether oxygens (including phenoxy) is 1. The fraction of sp³-hybridized carbons (Fsp3) is 0.138. The summed E-state index contributed by atoms with van der Waals surface area (Å²) in [6, 6.07) is 23.4. The van der Waals surface area contributed by atoms with Crippen LogP contribution in [0.4, 0.5) is 0 Å². The summed E-state index contributed by atoms with van der Waals surface area (Å²) in [6.45, 7) is 3.22. The minimum Gasteiger partial charge on any atom is -0.426 e. The molecular weight excluding hydrogens is 515 g/mol. The van der Waals surface area contributed by atoms with Crippen molar-refractivity contribution >= 4 is 55.4 Å². The molecule has 182 valence electrons. The third kappa shape index (κ3) is 4.43. The predicted octanol–water partition coefficient (Wildman–Crippen LogP) is 7.46. The van der Waals surface area contributed by atoms with Gasteiger partial charge in [0, 0.05) is 33.8 Å². The van der Waals surface area contributed by atoms with E-state index in [2.05, 4.69) is 0 Å². The van der Waals surface area contributed by atoms with Gasteiger partial charge in [-0.15, -0.1) is 0 Å². The first-order valence-electron chi connectivity index (χ1n) is 11.3. The Kier molecular flexibility index (Phi) is 6.41. The van der Waals surface area contributed by atoms with E-state index in [1.165, 1.54) is 19.1 Å². The van der Waals surface area contributed by atoms with Crippen molar-refractivity contribution in [1.29, 1.82) is 0 Å². The largest absolute Gasteiger partial charge is 0.426 e. The maximum Gasteiger partial charge on any atom is 0.308 e. The summed E-state index contributed by atoms with van der Waals surface area (Å²) in [4.78, 5) is 12.3. The minimum absolute atomic E-state index is 0.150. The Labute approximate surface area is 220 Å². The fourth-order valence-electron chi connectivity index (χ4n) is 4.87. The van der Waals surface area contributed by atoms with Crippen LogP contribution < -0.4 is 4.74 Å². The van der Waals surface area contributed by atoms with E-state index in [0.29, 0.717) is 15.8 Å². The van der Waals surface area contributed by atoms with Crippen molar-refractivity contribution in [2.24, 2.45) is 0 Å². The van der Waals surface area contributed by atoms with Gasteiger partial charge in [0.2, 0.25) is 0 Å². The van der Waals surface area contributed by atoms with E-state index in [0.717, 1.165) is 38.6 Å². The molecule has 0 heterocycles. The number of fused-ring (bicyclic) bond motifs is 2. The Morgan fingerprint density at radius 1 is 0.889 bits per heavy atom. The van der Waals surface area contributed by atoms with Gasteiger partial charge in [-0.3, -0.25) is 4.79 Å². The second-order valence-electron chi connectivity index (χ2n) is 8.87. The van der Waals surface area contributed by atoms with Crippen molar-refractivity contribution in [2.75, 3.05) is 5.75 Å². The first kappa shape index (κ1) is 24.6. The number of sulfone groups is 1. The van der Waals surface area contributed by atoms with Gasteiger partial charge in [0.1, 0.15) is 5.75 Å². The smallest absolute Gasteiger partial charge is 0.308 e. The van der Waals surface area contributed by atoms with Gasteiger partial charge in [-0.1, -0.05) is 65.2 Å². The average molecular weight is 537 g/mol. The number of carbonyl (C=O) groups is 1. The first-order chi connectivity index (χ1) is 17.2. The molecule has 0 spiro atoms. The van der Waals surface area contributed by atoms with Gasteiger partial charge in [-0.05, 0) is 71.5 Å². The molecule has 36 heavy (non-hydrogen) atoms. The van der Waals surface area contributed by atoms with Gasteiger partial charge >= 0.3 is 5.97 Å². The molecule has 0 amide bonds. The van der Waals surface area contributed by atoms with E-state index in [1.807, 2.05) is 49.4 Å². The van der Waals surface area contributed by atoms with Crippen molar-refractivity contribution in [3.8, 4) is 5.75 Å². The van der Waals surface area contributed by atoms with Gasteiger partial charge < -0.3 is 4.74 Å². The number of rotatable bonds is 5. The van der Waals surface area contributed by atoms with E-state index in [1.54, 1.807) is 24.3 Å². The lowest BCUT2D eigenvalue weighted by Crippen LogP contribution is -2.23. The summed E-state index contributed by atoms with van der Waals surface area (Å²) in [5.41, 5.74) is 4.32. The molecule has 0 radical (unpaired) electrons. The van der Waals surface area contributed by atoms with Gasteiger partial charge in [-0.2, -0.15) is 0 Å². The van der Waals surface area contributed by atoms with Crippen LogP contribution in [0.1, 0.15) is 36.5 Å². The third-order valence-corrected chi connectivity index (χ3v) is 8.70. The molecule has 4 aromatic rings. The second-order valence-corrected chi connectivity index (χ2v) is 11.7. The maximum atomic E-state index is 13.3. The van der Waals surface area contributed by atoms with Crippen LogP contribution in [-0.2, 0) is 14.6 Å². The standard InChI is InChI=1S/C29H22Cl2O4S/c1-17(16-36(33,34)23-13-11-22(31)12-14-23)26-25-15-20-5-3-4-6-24(20)29(35-18(2)32)28(25)27(26)19-7-9-21(30)10-8-19/h3-15,27H,16H2,1-2H3/b26-17-. The van der Waals surface area contributed by atoms with E-state index in [9.17, 15) is 13.2 Å². The monoisotopic (exact) mass is 536 g/mol. The lowest BCUT2D eigenvalue weighted by Gasteiger charge is -2.38. The molecule has 0 fully saturated rings. The molecule has 0 N–H and O–H groups in total. The van der Waals surface area contributed by atoms with Crippen LogP contribution in [-0.4, -0.2) is 20.1 Å². The van der Waals surface area contributed by atoms with Crippen LogP contribution in [0.2, 0.25) is 10.0 Å². The number of halogens is 2. The van der Waals surface area contributed by atoms with Crippen molar-refractivity contribution in [3.05, 3.63) is 111 Å². The molecule has 0 aromatic heterocycles. The number of allylic oxidation sites excluding steroid dienone is 1. The minimum atomic E-state index is -3.61. The summed E-state index contributed by atoms with van der Waals surface area (Å²) >= 11 is 12.1. The number of hydrogen-bond acceptors (Lipinski definition) is 4. The average Bonchev–Trinajstić information content (AvgIpc) is 2.81. The highest BCUT2D eigenvalue weighted by Gasteiger charge is 2.40. The van der Waals surface area contributed by atoms with E-state index in [-0.39, 0.29) is 16.6 Å². The highest BCUT2D eigenvalue weighted by molar-refractivity contribution is 7.91. The zero-order valence-electron chi connectivity index (χ0n) is 19.6. The zero-order chi connectivity index (χ0) is 25.6. The molecule has 1 unspecified atom stereocenters. The lowest BCUT2D eigenvalue weighted by molar-refractivity contribution is -0.131. The zero-order valence-corrected chi connectivity index (χ0v) is 21.9. The maximum absolute atomic E-state index is 13.3. The predicted molar refractivity (Wildman–Crippen MR) is 145 cm³/mol. The Morgan fingerprint density at radius 2 is 1.50 bits per heavy atom. The Hall–Kier alpha value is -3.12. The first-order valence-corrected chi connectivity index (χ1v) is 13.7. The number of hydrogen-bond donors (Lipinski definition) is 0. The second kappa shape index (κ2) is 9.40. The molecule has 7 heteroatoms. The molecule has 1 aliphatic carbocycles. The summed E-state index contributed by atoms with van der Waals surface area (Å²) in [7, 11) is -3.61. The van der Waals surface area contributed by atoms with Crippen LogP contribution in [0.5, 0.6) is 5.75 Å². The van der Waals surface area contributed by atoms with E-state index in [4.69, 9.17) is 27.9 Å². The molecule has 0 saturated heterocycles. The van der Waals surface area contributed by atoms with Crippen LogP contribution in [0.3, 0.4) is 0 Å². The van der Waals surface area contributed by atoms with Crippen LogP contribution >= 0.6 is 23.2 Å². The molecule has 1 aliphatic rings. The molecule has 5 rings (SSSR count). The Morgan fingerprint density at radius 3 is 2.14 bits per heavy atom. The Balaban J connectivity index is 1.72. The molecule has 4 aromatic carbocycles. The van der Waals surface area contributed by atoms with Gasteiger partial charge in [-0.25, -0.2) is 8.42 Å².